The molecule has 0 spiro atoms. The van der Waals surface area contributed by atoms with Gasteiger partial charge in [-0.1, -0.05) is 0 Å². The number of carbonyl (C=O) groups excluding carboxylic acids is 3. The topological polar surface area (TPSA) is 85.3 Å². The van der Waals surface area contributed by atoms with Crippen molar-refractivity contribution in [2.45, 2.75) is 25.8 Å². The molecule has 1 heterocycles. The maximum Gasteiger partial charge on any atom is 0.338 e. The third kappa shape index (κ3) is 3.96. The fraction of sp³-hybridized carbons (Fsp3) is 0.333. The van der Waals surface area contributed by atoms with Gasteiger partial charge in [-0.05, 0) is 55.8 Å². The number of hydrogen-bond acceptors (Lipinski definition) is 7. The molecule has 3 rings (SSSR count). The van der Waals surface area contributed by atoms with Gasteiger partial charge in [0.15, 0.2) is 5.17 Å². The number of aliphatic imine (C=N–C) groups is 1. The lowest BCUT2D eigenvalue weighted by Gasteiger charge is -2.14. The highest BCUT2D eigenvalue weighted by Crippen LogP contribution is 2.40. The summed E-state index contributed by atoms with van der Waals surface area (Å²) in [6, 6.07) is 6.77. The number of rotatable bonds is 5. The molecule has 2 fully saturated rings. The summed E-state index contributed by atoms with van der Waals surface area (Å²) in [6.45, 7) is 2.06. The van der Waals surface area contributed by atoms with Gasteiger partial charge < -0.3 is 9.47 Å². The van der Waals surface area contributed by atoms with Crippen LogP contribution >= 0.6 is 11.8 Å². The lowest BCUT2D eigenvalue weighted by atomic mass is 10.2. The number of nitrogens with zero attached hydrogens (tertiary/aromatic N) is 2. The fourth-order valence-electron chi connectivity index (χ4n) is 2.38. The van der Waals surface area contributed by atoms with Crippen LogP contribution in [0.25, 0.3) is 0 Å². The maximum atomic E-state index is 12.5. The van der Waals surface area contributed by atoms with Gasteiger partial charge >= 0.3 is 11.9 Å². The summed E-state index contributed by atoms with van der Waals surface area (Å²) < 4.78 is 9.55. The van der Waals surface area contributed by atoms with E-state index in [9.17, 15) is 14.4 Å². The van der Waals surface area contributed by atoms with Gasteiger partial charge in [0, 0.05) is 12.1 Å². The number of benzene rings is 1. The Morgan fingerprint density at radius 1 is 1.31 bits per heavy atom. The Bertz CT molecular complexity index is 796. The third-order valence-corrected chi connectivity index (χ3v) is 4.79. The second-order valence-corrected chi connectivity index (χ2v) is 6.71. The lowest BCUT2D eigenvalue weighted by Crippen LogP contribution is -2.31. The van der Waals surface area contributed by atoms with Crippen LogP contribution in [0.3, 0.4) is 0 Å². The van der Waals surface area contributed by atoms with Gasteiger partial charge in [-0.15, -0.1) is 0 Å². The van der Waals surface area contributed by atoms with Crippen molar-refractivity contribution in [1.82, 2.24) is 4.90 Å². The van der Waals surface area contributed by atoms with E-state index in [0.717, 1.165) is 24.6 Å². The van der Waals surface area contributed by atoms with Gasteiger partial charge in [-0.25, -0.2) is 14.6 Å². The highest BCUT2D eigenvalue weighted by molar-refractivity contribution is 8.18. The molecule has 1 aromatic rings. The van der Waals surface area contributed by atoms with Gasteiger partial charge in [0.2, 0.25) is 0 Å². The van der Waals surface area contributed by atoms with Crippen molar-refractivity contribution in [2.24, 2.45) is 4.99 Å². The van der Waals surface area contributed by atoms with E-state index in [4.69, 9.17) is 4.74 Å². The van der Waals surface area contributed by atoms with Crippen LogP contribution in [0.2, 0.25) is 0 Å². The first-order valence-corrected chi connectivity index (χ1v) is 9.02. The Kier molecular flexibility index (Phi) is 5.41. The molecule has 0 aromatic heterocycles. The van der Waals surface area contributed by atoms with Crippen molar-refractivity contribution >= 4 is 40.5 Å². The molecule has 0 N–H and O–H groups in total. The zero-order valence-corrected chi connectivity index (χ0v) is 15.2. The fourth-order valence-corrected chi connectivity index (χ4v) is 3.40. The van der Waals surface area contributed by atoms with Crippen molar-refractivity contribution in [3.05, 3.63) is 40.8 Å². The van der Waals surface area contributed by atoms with E-state index < -0.39 is 5.97 Å². The van der Waals surface area contributed by atoms with E-state index in [1.54, 1.807) is 36.1 Å². The van der Waals surface area contributed by atoms with E-state index in [2.05, 4.69) is 9.73 Å². The zero-order chi connectivity index (χ0) is 18.7. The summed E-state index contributed by atoms with van der Waals surface area (Å²) in [6.07, 6.45) is 3.02. The Morgan fingerprint density at radius 3 is 2.58 bits per heavy atom. The van der Waals surface area contributed by atoms with Crippen LogP contribution in [0.4, 0.5) is 5.69 Å². The molecule has 7 nitrogen and oxygen atoms in total. The standard InChI is InChI=1S/C18H18N2O5S/c1-3-25-17(23)11-4-6-12(7-5-11)19-18-20(13-8-9-13)16(22)14(26-18)10-15(21)24-2/h4-7,10,13H,3,8-9H2,1-2H3. The van der Waals surface area contributed by atoms with Crippen molar-refractivity contribution in [2.75, 3.05) is 13.7 Å². The van der Waals surface area contributed by atoms with Crippen LogP contribution in [0.1, 0.15) is 30.1 Å². The number of amidine groups is 1. The number of hydrogen-bond donors (Lipinski definition) is 0. The molecule has 0 radical (unpaired) electrons. The second kappa shape index (κ2) is 7.74. The monoisotopic (exact) mass is 374 g/mol. The van der Waals surface area contributed by atoms with Gasteiger partial charge in [-0.2, -0.15) is 0 Å². The third-order valence-electron chi connectivity index (χ3n) is 3.80. The van der Waals surface area contributed by atoms with Crippen molar-refractivity contribution in [3.63, 3.8) is 0 Å². The van der Waals surface area contributed by atoms with E-state index in [-0.39, 0.29) is 17.9 Å². The number of ether oxygens (including phenoxy) is 2. The number of esters is 2. The minimum atomic E-state index is -0.573. The van der Waals surface area contributed by atoms with Crippen LogP contribution in [0.5, 0.6) is 0 Å². The highest BCUT2D eigenvalue weighted by Gasteiger charge is 2.43. The molecular weight excluding hydrogens is 356 g/mol. The molecule has 0 unspecified atom stereocenters. The molecule has 8 heteroatoms. The average molecular weight is 374 g/mol. The van der Waals surface area contributed by atoms with Gasteiger partial charge in [0.1, 0.15) is 0 Å². The summed E-state index contributed by atoms with van der Waals surface area (Å²) in [4.78, 5) is 42.1. The number of methoxy groups -OCH3 is 1. The van der Waals surface area contributed by atoms with E-state index in [1.807, 2.05) is 0 Å². The molecule has 1 saturated carbocycles. The molecule has 136 valence electrons. The predicted molar refractivity (Wildman–Crippen MR) is 97.1 cm³/mol. The Hall–Kier alpha value is -2.61. The molecule has 1 aliphatic carbocycles. The predicted octanol–water partition coefficient (Wildman–Crippen LogP) is 2.65. The molecule has 1 saturated heterocycles. The summed E-state index contributed by atoms with van der Waals surface area (Å²) in [7, 11) is 1.27. The largest absolute Gasteiger partial charge is 0.466 e. The Labute approximate surface area is 155 Å². The van der Waals surface area contributed by atoms with Crippen LogP contribution in [-0.4, -0.2) is 47.7 Å². The minimum Gasteiger partial charge on any atom is -0.466 e. The van der Waals surface area contributed by atoms with Crippen LogP contribution in [0.15, 0.2) is 40.2 Å². The first-order valence-electron chi connectivity index (χ1n) is 8.20. The summed E-state index contributed by atoms with van der Waals surface area (Å²) >= 11 is 1.15. The Balaban J connectivity index is 1.84. The van der Waals surface area contributed by atoms with Crippen LogP contribution in [0, 0.1) is 0 Å². The molecular formula is C18H18N2O5S. The van der Waals surface area contributed by atoms with Crippen molar-refractivity contribution in [3.8, 4) is 0 Å². The smallest absolute Gasteiger partial charge is 0.338 e. The SMILES string of the molecule is CCOC(=O)c1ccc(N=C2SC(=CC(=O)OC)C(=O)N2C2CC2)cc1. The van der Waals surface area contributed by atoms with E-state index in [0.29, 0.717) is 27.9 Å². The first kappa shape index (κ1) is 18.2. The quantitative estimate of drug-likeness (QED) is 0.582. The molecule has 0 bridgehead atoms. The number of amides is 1. The van der Waals surface area contributed by atoms with Crippen LogP contribution in [-0.2, 0) is 19.1 Å². The highest BCUT2D eigenvalue weighted by atomic mass is 32.2. The van der Waals surface area contributed by atoms with Gasteiger partial charge in [0.05, 0.1) is 29.9 Å². The second-order valence-electron chi connectivity index (χ2n) is 5.70. The van der Waals surface area contributed by atoms with Crippen LogP contribution < -0.4 is 0 Å². The molecule has 1 aromatic carbocycles. The van der Waals surface area contributed by atoms with Gasteiger partial charge in [0.25, 0.3) is 5.91 Å². The van der Waals surface area contributed by atoms with Gasteiger partial charge in [-0.3, -0.25) is 9.69 Å². The van der Waals surface area contributed by atoms with Crippen molar-refractivity contribution in [1.29, 1.82) is 0 Å². The number of carbonyl (C=O) groups is 3. The Morgan fingerprint density at radius 2 is 2.00 bits per heavy atom. The lowest BCUT2D eigenvalue weighted by molar-refractivity contribution is -0.135. The van der Waals surface area contributed by atoms with E-state index >= 15 is 0 Å². The summed E-state index contributed by atoms with van der Waals surface area (Å²) in [5, 5.41) is 0.525. The first-order chi connectivity index (χ1) is 12.5. The molecule has 26 heavy (non-hydrogen) atoms. The normalized spacial score (nSPS) is 19.9. The molecule has 2 aliphatic rings. The maximum absolute atomic E-state index is 12.5. The van der Waals surface area contributed by atoms with E-state index in [1.165, 1.54) is 13.2 Å². The summed E-state index contributed by atoms with van der Waals surface area (Å²) in [5.41, 5.74) is 1.05. The molecule has 0 atom stereocenters. The summed E-state index contributed by atoms with van der Waals surface area (Å²) in [5.74, 6) is -1.19. The number of thioether (sulfide) groups is 1. The minimum absolute atomic E-state index is 0.121. The average Bonchev–Trinajstić information content (AvgIpc) is 3.42. The van der Waals surface area contributed by atoms with Crippen molar-refractivity contribution < 1.29 is 23.9 Å². The molecule has 1 amide bonds. The zero-order valence-electron chi connectivity index (χ0n) is 14.4. The molecule has 1 aliphatic heterocycles.